The van der Waals surface area contributed by atoms with Gasteiger partial charge in [-0.1, -0.05) is 12.1 Å². The van der Waals surface area contributed by atoms with Crippen LogP contribution in [0.4, 0.5) is 5.69 Å². The molecule has 0 aromatic heterocycles. The van der Waals surface area contributed by atoms with E-state index in [-0.39, 0.29) is 5.91 Å². The van der Waals surface area contributed by atoms with E-state index in [4.69, 9.17) is 11.0 Å². The van der Waals surface area contributed by atoms with Gasteiger partial charge in [0.05, 0.1) is 6.07 Å². The Morgan fingerprint density at radius 2 is 2.28 bits per heavy atom. The van der Waals surface area contributed by atoms with E-state index >= 15 is 0 Å². The lowest BCUT2D eigenvalue weighted by molar-refractivity contribution is -0.116. The monoisotopic (exact) mass is 243 g/mol. The molecule has 1 aromatic rings. The van der Waals surface area contributed by atoms with E-state index in [1.165, 1.54) is 6.08 Å². The number of carbonyl (C=O) groups is 1. The van der Waals surface area contributed by atoms with Crippen LogP contribution >= 0.6 is 0 Å². The summed E-state index contributed by atoms with van der Waals surface area (Å²) in [5, 5.41) is 11.1. The maximum absolute atomic E-state index is 11.4. The van der Waals surface area contributed by atoms with Crippen molar-refractivity contribution >= 4 is 17.7 Å². The number of nitrogens with one attached hydrogen (secondary N) is 1. The van der Waals surface area contributed by atoms with E-state index < -0.39 is 0 Å². The second kappa shape index (κ2) is 7.91. The Bertz CT molecular complexity index is 460. The minimum absolute atomic E-state index is 0.130. The van der Waals surface area contributed by atoms with E-state index in [0.717, 1.165) is 18.4 Å². The second-order valence-electron chi connectivity index (χ2n) is 3.91. The van der Waals surface area contributed by atoms with E-state index in [9.17, 15) is 4.79 Å². The molecule has 0 aliphatic carbocycles. The largest absolute Gasteiger partial charge is 0.399 e. The van der Waals surface area contributed by atoms with Crippen molar-refractivity contribution in [3.05, 3.63) is 35.9 Å². The van der Waals surface area contributed by atoms with Crippen LogP contribution in [-0.4, -0.2) is 12.5 Å². The van der Waals surface area contributed by atoms with Gasteiger partial charge in [0.1, 0.15) is 0 Å². The van der Waals surface area contributed by atoms with Crippen LogP contribution in [0, 0.1) is 11.3 Å². The molecule has 0 atom stereocenters. The number of hydrogen-bond acceptors (Lipinski definition) is 3. The van der Waals surface area contributed by atoms with Crippen molar-refractivity contribution in [3.8, 4) is 6.07 Å². The molecule has 0 fully saturated rings. The number of rotatable bonds is 6. The summed E-state index contributed by atoms with van der Waals surface area (Å²) in [5.41, 5.74) is 7.20. The van der Waals surface area contributed by atoms with Crippen molar-refractivity contribution in [2.45, 2.75) is 19.3 Å². The van der Waals surface area contributed by atoms with Crippen LogP contribution in [-0.2, 0) is 4.79 Å². The highest BCUT2D eigenvalue weighted by Gasteiger charge is 1.95. The third kappa shape index (κ3) is 5.71. The zero-order valence-corrected chi connectivity index (χ0v) is 10.2. The average molecular weight is 243 g/mol. The smallest absolute Gasteiger partial charge is 0.243 e. The number of nitrogen functional groups attached to an aromatic ring is 1. The fourth-order valence-corrected chi connectivity index (χ4v) is 1.43. The first-order chi connectivity index (χ1) is 8.72. The summed E-state index contributed by atoms with van der Waals surface area (Å²) in [7, 11) is 0. The lowest BCUT2D eigenvalue weighted by atomic mass is 10.2. The maximum Gasteiger partial charge on any atom is 0.243 e. The zero-order valence-electron chi connectivity index (χ0n) is 10.2. The number of benzene rings is 1. The highest BCUT2D eigenvalue weighted by atomic mass is 16.1. The van der Waals surface area contributed by atoms with Gasteiger partial charge in [0.15, 0.2) is 0 Å². The quantitative estimate of drug-likeness (QED) is 0.456. The Labute approximate surface area is 107 Å². The minimum Gasteiger partial charge on any atom is -0.399 e. The third-order valence-electron chi connectivity index (χ3n) is 2.35. The van der Waals surface area contributed by atoms with Crippen LogP contribution in [0.15, 0.2) is 30.3 Å². The van der Waals surface area contributed by atoms with Crippen LogP contribution in [0.3, 0.4) is 0 Å². The molecule has 18 heavy (non-hydrogen) atoms. The summed E-state index contributed by atoms with van der Waals surface area (Å²) in [6.45, 7) is 0.599. The van der Waals surface area contributed by atoms with E-state index in [1.807, 2.05) is 12.1 Å². The van der Waals surface area contributed by atoms with E-state index in [1.54, 1.807) is 18.2 Å². The SMILES string of the molecule is N#CCCCCNC(=O)/C=C/c1cccc(N)c1. The average Bonchev–Trinajstić information content (AvgIpc) is 2.36. The fourth-order valence-electron chi connectivity index (χ4n) is 1.43. The first-order valence-electron chi connectivity index (χ1n) is 5.91. The molecule has 0 bridgehead atoms. The van der Waals surface area contributed by atoms with Gasteiger partial charge in [-0.2, -0.15) is 5.26 Å². The molecule has 94 valence electrons. The maximum atomic E-state index is 11.4. The molecule has 0 aliphatic heterocycles. The topological polar surface area (TPSA) is 78.9 Å². The van der Waals surface area contributed by atoms with Crippen molar-refractivity contribution < 1.29 is 4.79 Å². The van der Waals surface area contributed by atoms with Crippen molar-refractivity contribution in [3.63, 3.8) is 0 Å². The molecular weight excluding hydrogens is 226 g/mol. The molecule has 1 aromatic carbocycles. The summed E-state index contributed by atoms with van der Waals surface area (Å²) in [6.07, 6.45) is 5.39. The number of nitriles is 1. The van der Waals surface area contributed by atoms with Gasteiger partial charge in [0, 0.05) is 24.7 Å². The van der Waals surface area contributed by atoms with Crippen LogP contribution in [0.2, 0.25) is 0 Å². The minimum atomic E-state index is -0.130. The fraction of sp³-hybridized carbons (Fsp3) is 0.286. The standard InChI is InChI=1S/C14H17N3O/c15-9-2-1-3-10-17-14(18)8-7-12-5-4-6-13(16)11-12/h4-8,11H,1-3,10,16H2,(H,17,18)/b8-7+. The molecule has 0 radical (unpaired) electrons. The molecule has 1 rings (SSSR count). The second-order valence-corrected chi connectivity index (χ2v) is 3.91. The number of nitrogens with two attached hydrogens (primary N) is 1. The molecule has 0 saturated carbocycles. The van der Waals surface area contributed by atoms with Crippen LogP contribution in [0.5, 0.6) is 0 Å². The van der Waals surface area contributed by atoms with Crippen molar-refractivity contribution in [1.82, 2.24) is 5.32 Å². The predicted molar refractivity (Wildman–Crippen MR) is 72.4 cm³/mol. The van der Waals surface area contributed by atoms with Crippen LogP contribution < -0.4 is 11.1 Å². The Morgan fingerprint density at radius 1 is 1.44 bits per heavy atom. The van der Waals surface area contributed by atoms with Gasteiger partial charge in [-0.15, -0.1) is 0 Å². The highest BCUT2D eigenvalue weighted by Crippen LogP contribution is 2.07. The summed E-state index contributed by atoms with van der Waals surface area (Å²) in [6, 6.07) is 9.39. The molecule has 4 heteroatoms. The molecular formula is C14H17N3O. The van der Waals surface area contributed by atoms with Gasteiger partial charge in [0.25, 0.3) is 0 Å². The number of amides is 1. The molecule has 0 unspecified atom stereocenters. The van der Waals surface area contributed by atoms with Gasteiger partial charge in [0.2, 0.25) is 5.91 Å². The Balaban J connectivity index is 2.30. The van der Waals surface area contributed by atoms with Crippen molar-refractivity contribution in [2.75, 3.05) is 12.3 Å². The molecule has 0 aliphatic rings. The molecule has 1 amide bonds. The summed E-state index contributed by atoms with van der Waals surface area (Å²) >= 11 is 0. The number of nitrogens with zero attached hydrogens (tertiary/aromatic N) is 1. The van der Waals surface area contributed by atoms with Gasteiger partial charge >= 0.3 is 0 Å². The molecule has 0 spiro atoms. The number of unbranched alkanes of at least 4 members (excludes halogenated alkanes) is 2. The summed E-state index contributed by atoms with van der Waals surface area (Å²) < 4.78 is 0. The summed E-state index contributed by atoms with van der Waals surface area (Å²) in [5.74, 6) is -0.130. The Kier molecular flexibility index (Phi) is 6.05. The van der Waals surface area contributed by atoms with E-state index in [2.05, 4.69) is 11.4 Å². The number of hydrogen-bond donors (Lipinski definition) is 2. The lowest BCUT2D eigenvalue weighted by Crippen LogP contribution is -2.21. The lowest BCUT2D eigenvalue weighted by Gasteiger charge is -2.00. The predicted octanol–water partition coefficient (Wildman–Crippen LogP) is 2.09. The normalized spacial score (nSPS) is 10.2. The molecule has 0 saturated heterocycles. The number of carbonyl (C=O) groups excluding carboxylic acids is 1. The van der Waals surface area contributed by atoms with Crippen LogP contribution in [0.25, 0.3) is 6.08 Å². The Morgan fingerprint density at radius 3 is 3.00 bits per heavy atom. The van der Waals surface area contributed by atoms with Crippen molar-refractivity contribution in [1.29, 1.82) is 5.26 Å². The number of anilines is 1. The van der Waals surface area contributed by atoms with Gasteiger partial charge < -0.3 is 11.1 Å². The first-order valence-corrected chi connectivity index (χ1v) is 5.91. The molecule has 0 heterocycles. The van der Waals surface area contributed by atoms with Gasteiger partial charge in [-0.25, -0.2) is 0 Å². The highest BCUT2D eigenvalue weighted by molar-refractivity contribution is 5.91. The summed E-state index contributed by atoms with van der Waals surface area (Å²) in [4.78, 5) is 11.4. The first kappa shape index (κ1) is 13.8. The van der Waals surface area contributed by atoms with Crippen LogP contribution in [0.1, 0.15) is 24.8 Å². The Hall–Kier alpha value is -2.28. The molecule has 3 N–H and O–H groups in total. The van der Waals surface area contributed by atoms with Gasteiger partial charge in [-0.05, 0) is 36.6 Å². The zero-order chi connectivity index (χ0) is 13.2. The molecule has 4 nitrogen and oxygen atoms in total. The van der Waals surface area contributed by atoms with Gasteiger partial charge in [-0.3, -0.25) is 4.79 Å². The third-order valence-corrected chi connectivity index (χ3v) is 2.35. The van der Waals surface area contributed by atoms with Crippen molar-refractivity contribution in [2.24, 2.45) is 0 Å². The van der Waals surface area contributed by atoms with E-state index in [0.29, 0.717) is 18.7 Å².